The van der Waals surface area contributed by atoms with Gasteiger partial charge >= 0.3 is 12.0 Å². The highest BCUT2D eigenvalue weighted by atomic mass is 35.5. The number of aromatic nitrogens is 1. The highest BCUT2D eigenvalue weighted by Gasteiger charge is 2.27. The summed E-state index contributed by atoms with van der Waals surface area (Å²) in [5.74, 6) is -0.546. The second kappa shape index (κ2) is 6.81. The number of hydrogen-bond donors (Lipinski definition) is 1. The van der Waals surface area contributed by atoms with Gasteiger partial charge < -0.3 is 14.6 Å². The van der Waals surface area contributed by atoms with Gasteiger partial charge in [0.05, 0.1) is 36.3 Å². The number of fused-ring (bicyclic) bond motifs is 3. The van der Waals surface area contributed by atoms with Crippen molar-refractivity contribution in [2.24, 2.45) is 0 Å². The zero-order valence-corrected chi connectivity index (χ0v) is 15.2. The van der Waals surface area contributed by atoms with Gasteiger partial charge in [0.1, 0.15) is 0 Å². The number of methoxy groups -OCH3 is 1. The molecule has 1 aliphatic heterocycles. The summed E-state index contributed by atoms with van der Waals surface area (Å²) in [4.78, 5) is 26.7. The van der Waals surface area contributed by atoms with E-state index >= 15 is 0 Å². The minimum Gasteiger partial charge on any atom is -0.465 e. The highest BCUT2D eigenvalue weighted by Crippen LogP contribution is 2.33. The van der Waals surface area contributed by atoms with E-state index in [2.05, 4.69) is 9.88 Å². The van der Waals surface area contributed by atoms with E-state index in [4.69, 9.17) is 16.3 Å². The summed E-state index contributed by atoms with van der Waals surface area (Å²) in [5.41, 5.74) is 3.23. The molecule has 0 saturated heterocycles. The second-order valence-electron chi connectivity index (χ2n) is 6.06. The summed E-state index contributed by atoms with van der Waals surface area (Å²) in [7, 11) is 1.29. The van der Waals surface area contributed by atoms with Crippen molar-refractivity contribution in [2.75, 3.05) is 17.3 Å². The van der Waals surface area contributed by atoms with Gasteiger partial charge in [-0.3, -0.25) is 4.90 Å². The Labute approximate surface area is 160 Å². The first-order valence-electron chi connectivity index (χ1n) is 8.30. The summed E-state index contributed by atoms with van der Waals surface area (Å²) in [6.45, 7) is 0.407. The molecule has 0 saturated carbocycles. The summed E-state index contributed by atoms with van der Waals surface area (Å²) < 4.78 is 6.84. The lowest BCUT2D eigenvalue weighted by Gasteiger charge is -2.31. The predicted molar refractivity (Wildman–Crippen MR) is 104 cm³/mol. The Kier molecular flexibility index (Phi) is 4.33. The van der Waals surface area contributed by atoms with Crippen LogP contribution in [0.3, 0.4) is 0 Å². The molecule has 1 aromatic heterocycles. The zero-order chi connectivity index (χ0) is 19.0. The van der Waals surface area contributed by atoms with Crippen LogP contribution >= 0.6 is 11.6 Å². The number of nitrogens with zero attached hydrogens (tertiary/aromatic N) is 2. The number of halogens is 1. The number of anilines is 2. The fourth-order valence-electron chi connectivity index (χ4n) is 3.20. The van der Waals surface area contributed by atoms with E-state index in [1.807, 2.05) is 42.6 Å². The topological polar surface area (TPSA) is 63.6 Å². The molecule has 1 aliphatic rings. The number of benzene rings is 2. The Morgan fingerprint density at radius 3 is 2.63 bits per heavy atom. The standard InChI is InChI=1S/C20H16ClN3O3/c1-27-19(25)15-9-8-13(21)11-16(15)22-20(26)24-12-14-5-4-10-23(14)17-6-2-3-7-18(17)24/h2-11H,12H2,1H3,(H,22,26). The molecule has 0 aliphatic carbocycles. The number of ether oxygens (including phenoxy) is 1. The predicted octanol–water partition coefficient (Wildman–Crippen LogP) is 4.47. The summed E-state index contributed by atoms with van der Waals surface area (Å²) in [6.07, 6.45) is 1.97. The van der Waals surface area contributed by atoms with E-state index in [1.165, 1.54) is 19.2 Å². The number of hydrogen-bond acceptors (Lipinski definition) is 3. The number of nitrogens with one attached hydrogen (secondary N) is 1. The Bertz CT molecular complexity index is 1040. The van der Waals surface area contributed by atoms with Crippen LogP contribution in [0.2, 0.25) is 5.02 Å². The fourth-order valence-corrected chi connectivity index (χ4v) is 3.37. The van der Waals surface area contributed by atoms with Gasteiger partial charge in [-0.1, -0.05) is 23.7 Å². The molecular weight excluding hydrogens is 366 g/mol. The lowest BCUT2D eigenvalue weighted by Crippen LogP contribution is -2.38. The quantitative estimate of drug-likeness (QED) is 0.666. The van der Waals surface area contributed by atoms with E-state index in [-0.39, 0.29) is 11.6 Å². The minimum atomic E-state index is -0.546. The van der Waals surface area contributed by atoms with Gasteiger partial charge in [0.2, 0.25) is 0 Å². The molecule has 7 heteroatoms. The number of para-hydroxylation sites is 2. The number of esters is 1. The van der Waals surface area contributed by atoms with E-state index < -0.39 is 5.97 Å². The molecule has 0 bridgehead atoms. The van der Waals surface area contributed by atoms with E-state index in [1.54, 1.807) is 11.0 Å². The third-order valence-corrected chi connectivity index (χ3v) is 4.69. The molecule has 27 heavy (non-hydrogen) atoms. The van der Waals surface area contributed by atoms with Crippen LogP contribution in [0.5, 0.6) is 0 Å². The van der Waals surface area contributed by atoms with Crippen LogP contribution in [0.25, 0.3) is 5.69 Å². The van der Waals surface area contributed by atoms with Gasteiger partial charge in [0.15, 0.2) is 0 Å². The van der Waals surface area contributed by atoms with Crippen molar-refractivity contribution >= 4 is 35.0 Å². The van der Waals surface area contributed by atoms with Crippen LogP contribution in [-0.4, -0.2) is 23.7 Å². The average molecular weight is 382 g/mol. The Balaban J connectivity index is 1.69. The molecule has 2 amide bonds. The first kappa shape index (κ1) is 17.2. The molecule has 0 radical (unpaired) electrons. The van der Waals surface area contributed by atoms with Crippen molar-refractivity contribution in [3.05, 3.63) is 77.1 Å². The average Bonchev–Trinajstić information content (AvgIpc) is 3.16. The third kappa shape index (κ3) is 3.04. The second-order valence-corrected chi connectivity index (χ2v) is 6.49. The van der Waals surface area contributed by atoms with Gasteiger partial charge in [0.25, 0.3) is 0 Å². The van der Waals surface area contributed by atoms with Crippen LogP contribution in [-0.2, 0) is 11.3 Å². The molecule has 4 rings (SSSR count). The summed E-state index contributed by atoms with van der Waals surface area (Å²) >= 11 is 6.05. The molecule has 0 spiro atoms. The Morgan fingerprint density at radius 2 is 1.85 bits per heavy atom. The van der Waals surface area contributed by atoms with Crippen molar-refractivity contribution in [3.8, 4) is 5.69 Å². The van der Waals surface area contributed by atoms with Crippen LogP contribution < -0.4 is 10.2 Å². The number of urea groups is 1. The highest BCUT2D eigenvalue weighted by molar-refractivity contribution is 6.31. The van der Waals surface area contributed by atoms with E-state index in [0.29, 0.717) is 17.3 Å². The smallest absolute Gasteiger partial charge is 0.339 e. The fraction of sp³-hybridized carbons (Fsp3) is 0.100. The van der Waals surface area contributed by atoms with Crippen molar-refractivity contribution in [1.29, 1.82) is 0 Å². The maximum atomic E-state index is 13.0. The molecule has 2 heterocycles. The van der Waals surface area contributed by atoms with Gasteiger partial charge in [-0.05, 0) is 42.5 Å². The van der Waals surface area contributed by atoms with Crippen LogP contribution in [0.15, 0.2) is 60.8 Å². The first-order chi connectivity index (χ1) is 13.1. The summed E-state index contributed by atoms with van der Waals surface area (Å²) in [6, 6.07) is 15.8. The first-order valence-corrected chi connectivity index (χ1v) is 8.68. The lowest BCUT2D eigenvalue weighted by atomic mass is 10.1. The maximum Gasteiger partial charge on any atom is 0.339 e. The Morgan fingerprint density at radius 1 is 1.07 bits per heavy atom. The Hall–Kier alpha value is -3.25. The lowest BCUT2D eigenvalue weighted by molar-refractivity contribution is 0.0602. The molecule has 6 nitrogen and oxygen atoms in total. The van der Waals surface area contributed by atoms with Crippen molar-refractivity contribution in [3.63, 3.8) is 0 Å². The zero-order valence-electron chi connectivity index (χ0n) is 14.5. The molecule has 1 N–H and O–H groups in total. The van der Waals surface area contributed by atoms with E-state index in [9.17, 15) is 9.59 Å². The molecule has 0 unspecified atom stereocenters. The molecule has 0 fully saturated rings. The number of carbonyl (C=O) groups excluding carboxylic acids is 2. The largest absolute Gasteiger partial charge is 0.465 e. The van der Waals surface area contributed by atoms with Gasteiger partial charge in [0, 0.05) is 16.9 Å². The van der Waals surface area contributed by atoms with Gasteiger partial charge in [-0.25, -0.2) is 9.59 Å². The molecule has 0 atom stereocenters. The monoisotopic (exact) mass is 381 g/mol. The van der Waals surface area contributed by atoms with Gasteiger partial charge in [-0.2, -0.15) is 0 Å². The van der Waals surface area contributed by atoms with Crippen molar-refractivity contribution < 1.29 is 14.3 Å². The van der Waals surface area contributed by atoms with Gasteiger partial charge in [-0.15, -0.1) is 0 Å². The summed E-state index contributed by atoms with van der Waals surface area (Å²) in [5, 5.41) is 3.20. The van der Waals surface area contributed by atoms with Crippen LogP contribution in [0.4, 0.5) is 16.2 Å². The minimum absolute atomic E-state index is 0.240. The number of amides is 2. The maximum absolute atomic E-state index is 13.0. The normalized spacial score (nSPS) is 12.1. The number of carbonyl (C=O) groups is 2. The molecule has 3 aromatic rings. The van der Waals surface area contributed by atoms with E-state index in [0.717, 1.165) is 17.1 Å². The van der Waals surface area contributed by atoms with Crippen molar-refractivity contribution in [1.82, 2.24) is 4.57 Å². The van der Waals surface area contributed by atoms with Crippen molar-refractivity contribution in [2.45, 2.75) is 6.54 Å². The molecular formula is C20H16ClN3O3. The van der Waals surface area contributed by atoms with Crippen LogP contribution in [0, 0.1) is 0 Å². The SMILES string of the molecule is COC(=O)c1ccc(Cl)cc1NC(=O)N1Cc2cccn2-c2ccccc21. The third-order valence-electron chi connectivity index (χ3n) is 4.46. The van der Waals surface area contributed by atoms with Crippen LogP contribution in [0.1, 0.15) is 16.1 Å². The number of rotatable bonds is 2. The molecule has 136 valence electrons. The molecule has 2 aromatic carbocycles.